The van der Waals surface area contributed by atoms with Gasteiger partial charge in [0, 0.05) is 0 Å². The van der Waals surface area contributed by atoms with E-state index < -0.39 is 12.8 Å². The van der Waals surface area contributed by atoms with Crippen LogP contribution in [0.4, 0.5) is 13.2 Å². The van der Waals surface area contributed by atoms with Crippen LogP contribution in [0.5, 0.6) is 11.5 Å². The molecule has 0 N–H and O–H groups in total. The molecule has 5 heteroatoms. The van der Waals surface area contributed by atoms with E-state index in [2.05, 4.69) is 4.74 Å². The van der Waals surface area contributed by atoms with Gasteiger partial charge in [0.05, 0.1) is 6.61 Å². The number of rotatable bonds is 5. The largest absolute Gasteiger partial charge is 0.494 e. The van der Waals surface area contributed by atoms with Gasteiger partial charge in [0.1, 0.15) is 11.5 Å². The molecule has 1 aromatic carbocycles. The minimum absolute atomic E-state index is 0.182. The van der Waals surface area contributed by atoms with E-state index in [-0.39, 0.29) is 5.75 Å². The summed E-state index contributed by atoms with van der Waals surface area (Å²) in [6, 6.07) is 6.08. The highest BCUT2D eigenvalue weighted by Crippen LogP contribution is 2.21. The number of hydrogen-bond donors (Lipinski definition) is 0. The Morgan fingerprint density at radius 1 is 1.00 bits per heavy atom. The third-order valence-electron chi connectivity index (χ3n) is 1.70. The minimum atomic E-state index is -4.31. The molecule has 0 radical (unpaired) electrons. The Balaban J connectivity index is 2.45. The molecule has 0 atom stereocenters. The zero-order valence-electron chi connectivity index (χ0n) is 8.88. The van der Waals surface area contributed by atoms with Gasteiger partial charge >= 0.3 is 6.18 Å². The fraction of sp³-hybridized carbons (Fsp3) is 0.455. The van der Waals surface area contributed by atoms with Gasteiger partial charge in [-0.05, 0) is 30.7 Å². The van der Waals surface area contributed by atoms with Gasteiger partial charge < -0.3 is 9.47 Å². The summed E-state index contributed by atoms with van der Waals surface area (Å²) in [7, 11) is 0. The van der Waals surface area contributed by atoms with Crippen molar-refractivity contribution >= 4 is 0 Å². The van der Waals surface area contributed by atoms with E-state index in [0.717, 1.165) is 6.42 Å². The van der Waals surface area contributed by atoms with Gasteiger partial charge in [-0.25, -0.2) is 0 Å². The van der Waals surface area contributed by atoms with E-state index in [1.54, 1.807) is 12.1 Å². The van der Waals surface area contributed by atoms with Crippen LogP contribution in [0.25, 0.3) is 0 Å². The van der Waals surface area contributed by atoms with Crippen molar-refractivity contribution in [1.82, 2.24) is 0 Å². The lowest BCUT2D eigenvalue weighted by molar-refractivity contribution is -0.153. The first-order chi connectivity index (χ1) is 7.51. The lowest BCUT2D eigenvalue weighted by Gasteiger charge is -2.09. The molecule has 0 aliphatic carbocycles. The van der Waals surface area contributed by atoms with Gasteiger partial charge in [-0.1, -0.05) is 6.92 Å². The van der Waals surface area contributed by atoms with Crippen LogP contribution < -0.4 is 9.47 Å². The maximum Gasteiger partial charge on any atom is 0.422 e. The Morgan fingerprint density at radius 3 is 1.94 bits per heavy atom. The summed E-state index contributed by atoms with van der Waals surface area (Å²) in [5.41, 5.74) is 0. The van der Waals surface area contributed by atoms with E-state index in [9.17, 15) is 13.2 Å². The third kappa shape index (κ3) is 4.91. The Morgan fingerprint density at radius 2 is 1.50 bits per heavy atom. The van der Waals surface area contributed by atoms with Crippen molar-refractivity contribution < 1.29 is 22.6 Å². The third-order valence-corrected chi connectivity index (χ3v) is 1.70. The summed E-state index contributed by atoms with van der Waals surface area (Å²) in [6.45, 7) is 1.28. The predicted molar refractivity (Wildman–Crippen MR) is 53.8 cm³/mol. The van der Waals surface area contributed by atoms with Gasteiger partial charge in [0.2, 0.25) is 0 Å². The second-order valence-corrected chi connectivity index (χ2v) is 3.22. The fourth-order valence-corrected chi connectivity index (χ4v) is 1.02. The van der Waals surface area contributed by atoms with E-state index in [1.165, 1.54) is 12.1 Å². The van der Waals surface area contributed by atoms with Crippen LogP contribution in [0.2, 0.25) is 0 Å². The lowest BCUT2D eigenvalue weighted by Crippen LogP contribution is -2.19. The molecular formula is C11H13F3O2. The minimum Gasteiger partial charge on any atom is -0.494 e. The summed E-state index contributed by atoms with van der Waals surface area (Å²) >= 11 is 0. The van der Waals surface area contributed by atoms with Crippen molar-refractivity contribution in [1.29, 1.82) is 0 Å². The highest BCUT2D eigenvalue weighted by molar-refractivity contribution is 5.31. The highest BCUT2D eigenvalue weighted by atomic mass is 19.4. The number of hydrogen-bond acceptors (Lipinski definition) is 2. The van der Waals surface area contributed by atoms with Crippen LogP contribution in [-0.2, 0) is 0 Å². The first-order valence-corrected chi connectivity index (χ1v) is 4.93. The molecule has 0 spiro atoms. The maximum absolute atomic E-state index is 11.8. The Labute approximate surface area is 92.0 Å². The standard InChI is InChI=1S/C11H13F3O2/c1-2-7-15-9-3-5-10(6-4-9)16-8-11(12,13)14/h3-6H,2,7-8H2,1H3. The van der Waals surface area contributed by atoms with E-state index in [0.29, 0.717) is 12.4 Å². The van der Waals surface area contributed by atoms with E-state index in [4.69, 9.17) is 4.74 Å². The Hall–Kier alpha value is -1.39. The molecule has 0 aromatic heterocycles. The molecule has 0 bridgehead atoms. The van der Waals surface area contributed by atoms with E-state index in [1.807, 2.05) is 6.92 Å². The second kappa shape index (κ2) is 5.63. The Kier molecular flexibility index (Phi) is 4.46. The zero-order valence-corrected chi connectivity index (χ0v) is 8.88. The molecule has 0 heterocycles. The number of alkyl halides is 3. The summed E-state index contributed by atoms with van der Waals surface area (Å²) in [5, 5.41) is 0. The van der Waals surface area contributed by atoms with Crippen LogP contribution in [0.3, 0.4) is 0 Å². The van der Waals surface area contributed by atoms with Gasteiger partial charge in [0.15, 0.2) is 6.61 Å². The van der Waals surface area contributed by atoms with Crippen LogP contribution in [0.15, 0.2) is 24.3 Å². The molecule has 0 fully saturated rings. The van der Waals surface area contributed by atoms with Gasteiger partial charge in [-0.15, -0.1) is 0 Å². The number of halogens is 3. The summed E-state index contributed by atoms with van der Waals surface area (Å²) in [5.74, 6) is 0.808. The summed E-state index contributed by atoms with van der Waals surface area (Å²) < 4.78 is 45.3. The van der Waals surface area contributed by atoms with Gasteiger partial charge in [0.25, 0.3) is 0 Å². The molecule has 0 aliphatic heterocycles. The van der Waals surface area contributed by atoms with Crippen molar-refractivity contribution in [3.63, 3.8) is 0 Å². The maximum atomic E-state index is 11.8. The topological polar surface area (TPSA) is 18.5 Å². The summed E-state index contributed by atoms with van der Waals surface area (Å²) in [4.78, 5) is 0. The average molecular weight is 234 g/mol. The molecule has 2 nitrogen and oxygen atoms in total. The van der Waals surface area contributed by atoms with Crippen molar-refractivity contribution in [2.75, 3.05) is 13.2 Å². The van der Waals surface area contributed by atoms with Crippen LogP contribution in [0.1, 0.15) is 13.3 Å². The van der Waals surface area contributed by atoms with Gasteiger partial charge in [-0.2, -0.15) is 13.2 Å². The monoisotopic (exact) mass is 234 g/mol. The molecule has 0 saturated heterocycles. The molecule has 0 aliphatic rings. The molecule has 0 amide bonds. The molecule has 90 valence electrons. The molecule has 0 unspecified atom stereocenters. The normalized spacial score (nSPS) is 11.2. The van der Waals surface area contributed by atoms with Crippen molar-refractivity contribution in [2.45, 2.75) is 19.5 Å². The van der Waals surface area contributed by atoms with Gasteiger partial charge in [-0.3, -0.25) is 0 Å². The fourth-order valence-electron chi connectivity index (χ4n) is 1.02. The smallest absolute Gasteiger partial charge is 0.422 e. The summed E-state index contributed by atoms with van der Waals surface area (Å²) in [6.07, 6.45) is -3.43. The number of benzene rings is 1. The van der Waals surface area contributed by atoms with Crippen molar-refractivity contribution in [3.05, 3.63) is 24.3 Å². The first-order valence-electron chi connectivity index (χ1n) is 4.93. The molecular weight excluding hydrogens is 221 g/mol. The van der Waals surface area contributed by atoms with E-state index >= 15 is 0 Å². The van der Waals surface area contributed by atoms with Crippen molar-refractivity contribution in [3.8, 4) is 11.5 Å². The Bertz CT molecular complexity index is 306. The van der Waals surface area contributed by atoms with Crippen LogP contribution in [-0.4, -0.2) is 19.4 Å². The lowest BCUT2D eigenvalue weighted by atomic mass is 10.3. The van der Waals surface area contributed by atoms with Crippen LogP contribution >= 0.6 is 0 Å². The first kappa shape index (κ1) is 12.7. The predicted octanol–water partition coefficient (Wildman–Crippen LogP) is 3.42. The molecule has 1 rings (SSSR count). The highest BCUT2D eigenvalue weighted by Gasteiger charge is 2.28. The molecule has 1 aromatic rings. The van der Waals surface area contributed by atoms with Crippen LogP contribution in [0, 0.1) is 0 Å². The quantitative estimate of drug-likeness (QED) is 0.777. The molecule has 0 saturated carbocycles. The zero-order chi connectivity index (χ0) is 12.0. The van der Waals surface area contributed by atoms with Crippen molar-refractivity contribution in [2.24, 2.45) is 0 Å². The second-order valence-electron chi connectivity index (χ2n) is 3.22. The SMILES string of the molecule is CCCOc1ccc(OCC(F)(F)F)cc1. The molecule has 16 heavy (non-hydrogen) atoms. The number of ether oxygens (including phenoxy) is 2. The average Bonchev–Trinajstić information content (AvgIpc) is 2.24.